The van der Waals surface area contributed by atoms with E-state index in [2.05, 4.69) is 5.32 Å². The van der Waals surface area contributed by atoms with Gasteiger partial charge in [-0.2, -0.15) is 0 Å². The largest absolute Gasteiger partial charge is 0.544 e. The summed E-state index contributed by atoms with van der Waals surface area (Å²) >= 11 is 5.79. The summed E-state index contributed by atoms with van der Waals surface area (Å²) < 4.78 is 0. The van der Waals surface area contributed by atoms with Crippen LogP contribution in [-0.2, 0) is 9.59 Å². The third-order valence-corrected chi connectivity index (χ3v) is 3.93. The van der Waals surface area contributed by atoms with Crippen LogP contribution in [0, 0.1) is 0 Å². The molecule has 5 nitrogen and oxygen atoms in total. The molecule has 2 rings (SSSR count). The van der Waals surface area contributed by atoms with Crippen molar-refractivity contribution in [3.05, 3.63) is 65.2 Å². The lowest BCUT2D eigenvalue weighted by atomic mass is 10.1. The first-order valence-corrected chi connectivity index (χ1v) is 7.99. The Hall–Kier alpha value is -2.37. The fraction of sp³-hybridized carbons (Fsp3) is 0.222. The Morgan fingerprint density at radius 1 is 1.12 bits per heavy atom. The van der Waals surface area contributed by atoms with Gasteiger partial charge in [-0.05, 0) is 31.2 Å². The number of hydrogen-bond donors (Lipinski definition) is 2. The Bertz CT molecular complexity index is 689. The van der Waals surface area contributed by atoms with Gasteiger partial charge < -0.3 is 20.5 Å². The van der Waals surface area contributed by atoms with Crippen LogP contribution in [0.2, 0.25) is 5.02 Å². The first-order chi connectivity index (χ1) is 11.5. The van der Waals surface area contributed by atoms with Gasteiger partial charge in [0.1, 0.15) is 12.1 Å². The Morgan fingerprint density at radius 2 is 1.75 bits per heavy atom. The Kier molecular flexibility index (Phi) is 6.35. The molecule has 0 unspecified atom stereocenters. The molecule has 3 N–H and O–H groups in total. The predicted molar refractivity (Wildman–Crippen MR) is 90.3 cm³/mol. The van der Waals surface area contributed by atoms with E-state index in [1.54, 1.807) is 29.6 Å². The number of nitrogens with one attached hydrogen (secondary N) is 1. The highest BCUT2D eigenvalue weighted by Gasteiger charge is 2.22. The Labute approximate surface area is 145 Å². The number of anilines is 1. The molecule has 0 saturated heterocycles. The minimum absolute atomic E-state index is 0.0996. The maximum absolute atomic E-state index is 12.1. The van der Waals surface area contributed by atoms with Gasteiger partial charge in [-0.15, -0.1) is 0 Å². The SMILES string of the molecule is C[C@H]([NH2+][C@@H](CC(=O)Nc1ccc(Cl)cc1)C(=O)[O-])c1ccccc1. The van der Waals surface area contributed by atoms with Gasteiger partial charge >= 0.3 is 0 Å². The minimum atomic E-state index is -1.26. The minimum Gasteiger partial charge on any atom is -0.544 e. The topological polar surface area (TPSA) is 85.8 Å². The summed E-state index contributed by atoms with van der Waals surface area (Å²) in [4.78, 5) is 23.4. The molecule has 0 spiro atoms. The standard InChI is InChI=1S/C18H19ClN2O3/c1-12(13-5-3-2-4-6-13)20-16(18(23)24)11-17(22)21-15-9-7-14(19)8-10-15/h2-10,12,16,20H,11H2,1H3,(H,21,22)(H,23,24)/t12-,16-/m0/s1. The second-order valence-electron chi connectivity index (χ2n) is 5.58. The summed E-state index contributed by atoms with van der Waals surface area (Å²) in [5.41, 5.74) is 1.56. The number of aliphatic carboxylic acids is 1. The van der Waals surface area contributed by atoms with E-state index in [0.717, 1.165) is 5.56 Å². The lowest BCUT2D eigenvalue weighted by Crippen LogP contribution is -2.93. The summed E-state index contributed by atoms with van der Waals surface area (Å²) in [5, 5.41) is 16.2. The summed E-state index contributed by atoms with van der Waals surface area (Å²) in [7, 11) is 0. The normalized spacial score (nSPS) is 13.1. The van der Waals surface area contributed by atoms with Crippen LogP contribution in [0.25, 0.3) is 0 Å². The van der Waals surface area contributed by atoms with Crippen molar-refractivity contribution in [1.29, 1.82) is 0 Å². The fourth-order valence-corrected chi connectivity index (χ4v) is 2.52. The summed E-state index contributed by atoms with van der Waals surface area (Å²) in [6.45, 7) is 1.89. The quantitative estimate of drug-likeness (QED) is 0.787. The van der Waals surface area contributed by atoms with Crippen LogP contribution >= 0.6 is 11.6 Å². The number of rotatable bonds is 7. The van der Waals surface area contributed by atoms with Crippen molar-refractivity contribution in [3.63, 3.8) is 0 Å². The van der Waals surface area contributed by atoms with Crippen molar-refractivity contribution >= 4 is 29.2 Å². The molecule has 0 aliphatic heterocycles. The van der Waals surface area contributed by atoms with Gasteiger partial charge in [0.15, 0.2) is 0 Å². The molecule has 2 aromatic carbocycles. The summed E-state index contributed by atoms with van der Waals surface area (Å²) in [6.07, 6.45) is -0.178. The number of amides is 1. The van der Waals surface area contributed by atoms with Crippen molar-refractivity contribution in [2.75, 3.05) is 5.32 Å². The molecular formula is C18H19ClN2O3. The molecule has 0 heterocycles. The number of carbonyl (C=O) groups excluding carboxylic acids is 2. The van der Waals surface area contributed by atoms with Crippen molar-refractivity contribution in [2.24, 2.45) is 0 Å². The first kappa shape index (κ1) is 18.0. The number of quaternary nitrogens is 1. The van der Waals surface area contributed by atoms with E-state index < -0.39 is 12.0 Å². The van der Waals surface area contributed by atoms with E-state index in [0.29, 0.717) is 10.7 Å². The highest BCUT2D eigenvalue weighted by Crippen LogP contribution is 2.13. The number of carbonyl (C=O) groups is 2. The van der Waals surface area contributed by atoms with Crippen LogP contribution in [0.5, 0.6) is 0 Å². The lowest BCUT2D eigenvalue weighted by Gasteiger charge is -2.21. The van der Waals surface area contributed by atoms with Crippen molar-refractivity contribution in [2.45, 2.75) is 25.4 Å². The highest BCUT2D eigenvalue weighted by atomic mass is 35.5. The zero-order chi connectivity index (χ0) is 17.5. The number of benzene rings is 2. The van der Waals surface area contributed by atoms with E-state index in [9.17, 15) is 14.7 Å². The molecule has 1 amide bonds. The Balaban J connectivity index is 1.96. The smallest absolute Gasteiger partial charge is 0.230 e. The number of carboxylic acid groups (broad SMARTS) is 1. The van der Waals surface area contributed by atoms with E-state index in [-0.39, 0.29) is 18.4 Å². The zero-order valence-corrected chi connectivity index (χ0v) is 14.0. The van der Waals surface area contributed by atoms with E-state index in [1.807, 2.05) is 37.3 Å². The number of halogens is 1. The van der Waals surface area contributed by atoms with Gasteiger partial charge in [0.25, 0.3) is 0 Å². The van der Waals surface area contributed by atoms with Gasteiger partial charge in [-0.25, -0.2) is 0 Å². The van der Waals surface area contributed by atoms with Gasteiger partial charge in [-0.1, -0.05) is 41.9 Å². The van der Waals surface area contributed by atoms with Crippen molar-refractivity contribution in [3.8, 4) is 0 Å². The molecule has 6 heteroatoms. The van der Waals surface area contributed by atoms with Gasteiger partial charge in [-0.3, -0.25) is 4.79 Å². The fourth-order valence-electron chi connectivity index (χ4n) is 2.39. The molecule has 0 saturated carbocycles. The van der Waals surface area contributed by atoms with Crippen LogP contribution in [0.1, 0.15) is 24.9 Å². The van der Waals surface area contributed by atoms with Gasteiger partial charge in [0.2, 0.25) is 5.91 Å². The molecule has 2 aromatic rings. The van der Waals surface area contributed by atoms with E-state index >= 15 is 0 Å². The van der Waals surface area contributed by atoms with E-state index in [1.165, 1.54) is 0 Å². The molecule has 24 heavy (non-hydrogen) atoms. The number of carboxylic acids is 1. The maximum atomic E-state index is 12.1. The summed E-state index contributed by atoms with van der Waals surface area (Å²) in [6, 6.07) is 15.1. The lowest BCUT2D eigenvalue weighted by molar-refractivity contribution is -0.717. The molecule has 0 fully saturated rings. The average molecular weight is 347 g/mol. The van der Waals surface area contributed by atoms with Crippen LogP contribution in [0.15, 0.2) is 54.6 Å². The molecule has 0 aromatic heterocycles. The van der Waals surface area contributed by atoms with Crippen LogP contribution in [-0.4, -0.2) is 17.9 Å². The van der Waals surface area contributed by atoms with Crippen LogP contribution in [0.4, 0.5) is 5.69 Å². The number of hydrogen-bond acceptors (Lipinski definition) is 3. The van der Waals surface area contributed by atoms with Crippen molar-refractivity contribution < 1.29 is 20.0 Å². The van der Waals surface area contributed by atoms with Gasteiger partial charge in [0, 0.05) is 16.3 Å². The second-order valence-corrected chi connectivity index (χ2v) is 6.01. The molecule has 0 bridgehead atoms. The van der Waals surface area contributed by atoms with E-state index in [4.69, 9.17) is 11.6 Å². The Morgan fingerprint density at radius 3 is 2.33 bits per heavy atom. The second kappa shape index (κ2) is 8.47. The van der Waals surface area contributed by atoms with Gasteiger partial charge in [0.05, 0.1) is 12.4 Å². The molecule has 2 atom stereocenters. The number of nitrogens with two attached hydrogens (primary N) is 1. The maximum Gasteiger partial charge on any atom is 0.230 e. The summed E-state index contributed by atoms with van der Waals surface area (Å²) in [5.74, 6) is -1.65. The molecule has 0 radical (unpaired) electrons. The van der Waals surface area contributed by atoms with Crippen LogP contribution < -0.4 is 15.7 Å². The van der Waals surface area contributed by atoms with Crippen molar-refractivity contribution in [1.82, 2.24) is 0 Å². The third-order valence-electron chi connectivity index (χ3n) is 3.68. The predicted octanol–water partition coefficient (Wildman–Crippen LogP) is 1.11. The molecule has 0 aliphatic carbocycles. The molecule has 0 aliphatic rings. The average Bonchev–Trinajstić information content (AvgIpc) is 2.57. The van der Waals surface area contributed by atoms with Crippen LogP contribution in [0.3, 0.4) is 0 Å². The first-order valence-electron chi connectivity index (χ1n) is 7.62. The highest BCUT2D eigenvalue weighted by molar-refractivity contribution is 6.30. The third kappa shape index (κ3) is 5.37. The molecular weight excluding hydrogens is 328 g/mol. The molecule has 126 valence electrons. The monoisotopic (exact) mass is 346 g/mol. The zero-order valence-electron chi connectivity index (χ0n) is 13.2.